The first-order valence-electron chi connectivity index (χ1n) is 3.35. The van der Waals surface area contributed by atoms with E-state index in [2.05, 4.69) is 0 Å². The van der Waals surface area contributed by atoms with Gasteiger partial charge in [-0.2, -0.15) is 0 Å². The Kier molecular flexibility index (Phi) is 5.70. The van der Waals surface area contributed by atoms with Crippen LogP contribution >= 0.6 is 0 Å². The maximum Gasteiger partial charge on any atom is 1.00 e. The predicted octanol–water partition coefficient (Wildman–Crippen LogP) is -1.38. The average molecular weight is 202 g/mol. The molecule has 62 valence electrons. The van der Waals surface area contributed by atoms with Crippen molar-refractivity contribution < 1.29 is 61.3 Å². The summed E-state index contributed by atoms with van der Waals surface area (Å²) in [5, 5.41) is 0.951. The zero-order chi connectivity index (χ0) is 7.68. The number of hydrogen-bond donors (Lipinski definition) is 0. The van der Waals surface area contributed by atoms with E-state index in [0.717, 1.165) is 5.39 Å². The summed E-state index contributed by atoms with van der Waals surface area (Å²) < 4.78 is 4.91. The van der Waals surface area contributed by atoms with Crippen LogP contribution in [0.1, 0.15) is 0 Å². The Balaban J connectivity index is 0.000000720. The Labute approximate surface area is 117 Å². The second-order valence-corrected chi connectivity index (χ2v) is 2.29. The van der Waals surface area contributed by atoms with Crippen LogP contribution in [0, 0.1) is 0 Å². The van der Waals surface area contributed by atoms with E-state index >= 15 is 0 Å². The van der Waals surface area contributed by atoms with Crippen molar-refractivity contribution in [2.75, 3.05) is 0 Å². The van der Waals surface area contributed by atoms with Gasteiger partial charge in [0.2, 0.25) is 0 Å². The topological polar surface area (TPSA) is 60.2 Å². The minimum atomic E-state index is -0.302. The van der Waals surface area contributed by atoms with Crippen LogP contribution < -0.4 is 57.0 Å². The molecule has 0 saturated carbocycles. The smallest absolute Gasteiger partial charge is 0.870 e. The van der Waals surface area contributed by atoms with Gasteiger partial charge in [-0.05, 0) is 12.1 Å². The van der Waals surface area contributed by atoms with E-state index in [-0.39, 0.29) is 62.5 Å². The Bertz CT molecular complexity index is 436. The monoisotopic (exact) mass is 202 g/mol. The fourth-order valence-electron chi connectivity index (χ4n) is 1.01. The Morgan fingerprint density at radius 3 is 2.46 bits per heavy atom. The van der Waals surface area contributed by atoms with Crippen molar-refractivity contribution in [2.24, 2.45) is 0 Å². The van der Waals surface area contributed by atoms with Gasteiger partial charge in [0.15, 0.2) is 0 Å². The molecule has 0 radical (unpaired) electrons. The van der Waals surface area contributed by atoms with E-state index in [9.17, 15) is 4.79 Å². The van der Waals surface area contributed by atoms with E-state index in [0.29, 0.717) is 5.58 Å². The number of rotatable bonds is 0. The molecule has 4 heteroatoms. The number of para-hydroxylation sites is 1. The second-order valence-electron chi connectivity index (χ2n) is 2.29. The van der Waals surface area contributed by atoms with E-state index in [1.165, 1.54) is 6.07 Å². The molecule has 1 heterocycles. The first-order chi connectivity index (χ1) is 5.36. The fraction of sp³-hybridized carbons (Fsp3) is 0. The van der Waals surface area contributed by atoms with Gasteiger partial charge in [0, 0.05) is 11.5 Å². The van der Waals surface area contributed by atoms with Crippen LogP contribution in [0.4, 0.5) is 0 Å². The quantitative estimate of drug-likeness (QED) is 0.391. The van der Waals surface area contributed by atoms with Crippen LogP contribution in [-0.4, -0.2) is 5.48 Å². The van der Waals surface area contributed by atoms with Crippen molar-refractivity contribution in [1.82, 2.24) is 0 Å². The average Bonchev–Trinajstić information content (AvgIpc) is 2.04. The van der Waals surface area contributed by atoms with Gasteiger partial charge in [0.1, 0.15) is 5.58 Å². The van der Waals surface area contributed by atoms with E-state index in [1.54, 1.807) is 12.1 Å². The van der Waals surface area contributed by atoms with Gasteiger partial charge < -0.3 is 9.89 Å². The van der Waals surface area contributed by atoms with Gasteiger partial charge in [-0.25, -0.2) is 4.79 Å². The summed E-state index contributed by atoms with van der Waals surface area (Å²) in [5.41, 5.74) is 0.337. The van der Waals surface area contributed by atoms with Crippen LogP contribution in [0.2, 0.25) is 0 Å². The Hall–Kier alpha value is 0.0264. The number of benzene rings is 1. The molecule has 0 atom stereocenters. The van der Waals surface area contributed by atoms with E-state index in [1.807, 2.05) is 18.2 Å². The molecule has 0 spiro atoms. The first-order valence-corrected chi connectivity index (χ1v) is 3.35. The Morgan fingerprint density at radius 1 is 1.00 bits per heavy atom. The zero-order valence-corrected chi connectivity index (χ0v) is 10.4. The summed E-state index contributed by atoms with van der Waals surface area (Å²) >= 11 is 0. The molecule has 13 heavy (non-hydrogen) atoms. The van der Waals surface area contributed by atoms with Gasteiger partial charge >= 0.3 is 57.0 Å². The summed E-state index contributed by atoms with van der Waals surface area (Å²) in [6.45, 7) is 0. The van der Waals surface area contributed by atoms with Crippen molar-refractivity contribution >= 4 is 11.0 Å². The van der Waals surface area contributed by atoms with Gasteiger partial charge in [0.05, 0.1) is 0 Å². The van der Waals surface area contributed by atoms with Crippen LogP contribution in [0.15, 0.2) is 45.6 Å². The van der Waals surface area contributed by atoms with Crippen molar-refractivity contribution in [3.05, 3.63) is 46.8 Å². The molecule has 0 unspecified atom stereocenters. The summed E-state index contributed by atoms with van der Waals surface area (Å²) in [5.74, 6) is 0. The molecule has 1 aromatic carbocycles. The standard InChI is InChI=1S/C9H6O2.K.H2O/c10-9-6-5-7-3-1-2-4-8(7)11-9;;/h1-6H;;1H2/q;+1;/p-1. The molecule has 0 bridgehead atoms. The third-order valence-corrected chi connectivity index (χ3v) is 1.53. The zero-order valence-electron chi connectivity index (χ0n) is 7.23. The normalized spacial score (nSPS) is 8.62. The summed E-state index contributed by atoms with van der Waals surface area (Å²) in [7, 11) is 0. The SMILES string of the molecule is O=c1ccc2ccccc2o1.[K+].[OH-]. The molecule has 2 aromatic rings. The third-order valence-electron chi connectivity index (χ3n) is 1.53. The second kappa shape index (κ2) is 5.69. The number of fused-ring (bicyclic) bond motifs is 1. The molecular formula is C9H7KO3. The first kappa shape index (κ1) is 13.0. The largest absolute Gasteiger partial charge is 1.00 e. The molecule has 0 amide bonds. The van der Waals surface area contributed by atoms with Crippen LogP contribution in [-0.2, 0) is 0 Å². The predicted molar refractivity (Wildman–Crippen MR) is 44.4 cm³/mol. The Morgan fingerprint density at radius 2 is 1.69 bits per heavy atom. The van der Waals surface area contributed by atoms with E-state index < -0.39 is 0 Å². The molecule has 1 aromatic heterocycles. The molecule has 0 aliphatic heterocycles. The van der Waals surface area contributed by atoms with Gasteiger partial charge in [0.25, 0.3) is 0 Å². The minimum absolute atomic E-state index is 0. The molecule has 0 fully saturated rings. The van der Waals surface area contributed by atoms with Gasteiger partial charge in [-0.1, -0.05) is 18.2 Å². The van der Waals surface area contributed by atoms with Crippen molar-refractivity contribution in [3.8, 4) is 0 Å². The van der Waals surface area contributed by atoms with Crippen molar-refractivity contribution in [3.63, 3.8) is 0 Å². The summed E-state index contributed by atoms with van der Waals surface area (Å²) in [4.78, 5) is 10.7. The minimum Gasteiger partial charge on any atom is -0.870 e. The summed E-state index contributed by atoms with van der Waals surface area (Å²) in [6.07, 6.45) is 0. The van der Waals surface area contributed by atoms with Gasteiger partial charge in [-0.3, -0.25) is 0 Å². The van der Waals surface area contributed by atoms with E-state index in [4.69, 9.17) is 4.42 Å². The molecule has 1 N–H and O–H groups in total. The van der Waals surface area contributed by atoms with Crippen LogP contribution in [0.25, 0.3) is 11.0 Å². The molecular weight excluding hydrogens is 195 g/mol. The van der Waals surface area contributed by atoms with Gasteiger partial charge in [-0.15, -0.1) is 0 Å². The number of hydrogen-bond acceptors (Lipinski definition) is 3. The van der Waals surface area contributed by atoms with Crippen molar-refractivity contribution in [1.29, 1.82) is 0 Å². The molecule has 0 aliphatic carbocycles. The molecule has 0 aliphatic rings. The molecule has 3 nitrogen and oxygen atoms in total. The molecule has 2 rings (SSSR count). The molecule has 0 saturated heterocycles. The summed E-state index contributed by atoms with van der Waals surface area (Å²) in [6, 6.07) is 10.6. The third kappa shape index (κ3) is 3.01. The van der Waals surface area contributed by atoms with Crippen LogP contribution in [0.3, 0.4) is 0 Å². The maximum atomic E-state index is 10.7. The van der Waals surface area contributed by atoms with Crippen molar-refractivity contribution in [2.45, 2.75) is 0 Å². The maximum absolute atomic E-state index is 10.7. The fourth-order valence-corrected chi connectivity index (χ4v) is 1.01. The van der Waals surface area contributed by atoms with Crippen LogP contribution in [0.5, 0.6) is 0 Å².